The second-order valence-electron chi connectivity index (χ2n) is 7.67. The van der Waals surface area contributed by atoms with Crippen molar-refractivity contribution in [1.29, 1.82) is 0 Å². The number of aliphatic carboxylic acids is 1. The van der Waals surface area contributed by atoms with E-state index in [1.807, 2.05) is 42.6 Å². The number of benzene rings is 2. The van der Waals surface area contributed by atoms with Gasteiger partial charge in [-0.1, -0.05) is 60.7 Å². The molecule has 1 aliphatic rings. The number of rotatable bonds is 10. The number of aromatic nitrogens is 2. The normalized spacial score (nSPS) is 15.8. The van der Waals surface area contributed by atoms with Crippen LogP contribution in [0.5, 0.6) is 0 Å². The van der Waals surface area contributed by atoms with Gasteiger partial charge in [0.2, 0.25) is 0 Å². The highest BCUT2D eigenvalue weighted by atomic mass is 16.5. The molecule has 1 saturated heterocycles. The lowest BCUT2D eigenvalue weighted by Gasteiger charge is -2.26. The Hall–Kier alpha value is -3.29. The number of carbonyl (C=O) groups is 1. The maximum Gasteiger partial charge on any atom is 0.329 e. The van der Waals surface area contributed by atoms with Crippen molar-refractivity contribution in [3.63, 3.8) is 0 Å². The Balaban J connectivity index is 1.51. The van der Waals surface area contributed by atoms with Crippen LogP contribution in [0.1, 0.15) is 12.8 Å². The van der Waals surface area contributed by atoms with E-state index >= 15 is 0 Å². The molecule has 166 valence electrons. The molecule has 0 aliphatic carbocycles. The van der Waals surface area contributed by atoms with E-state index in [0.717, 1.165) is 47.7 Å². The van der Waals surface area contributed by atoms with E-state index in [2.05, 4.69) is 29.2 Å². The van der Waals surface area contributed by atoms with E-state index in [1.54, 1.807) is 0 Å². The molecule has 0 saturated carbocycles. The monoisotopic (exact) mass is 433 g/mol. The fourth-order valence-corrected chi connectivity index (χ4v) is 3.93. The first-order chi connectivity index (χ1) is 15.7. The maximum absolute atomic E-state index is 10.5. The zero-order valence-corrected chi connectivity index (χ0v) is 17.9. The Labute approximate surface area is 187 Å². The van der Waals surface area contributed by atoms with Crippen molar-refractivity contribution in [2.45, 2.75) is 18.9 Å². The molecule has 32 heavy (non-hydrogen) atoms. The number of carboxylic acids is 1. The minimum atomic E-state index is -0.973. The summed E-state index contributed by atoms with van der Waals surface area (Å²) >= 11 is 0. The first-order valence-corrected chi connectivity index (χ1v) is 10.8. The van der Waals surface area contributed by atoms with E-state index in [1.165, 1.54) is 0 Å². The minimum Gasteiger partial charge on any atom is -0.480 e. The summed E-state index contributed by atoms with van der Waals surface area (Å²) < 4.78 is 10.8. The minimum absolute atomic E-state index is 0.204. The first-order valence-electron chi connectivity index (χ1n) is 10.8. The van der Waals surface area contributed by atoms with Crippen molar-refractivity contribution in [3.8, 4) is 22.5 Å². The van der Waals surface area contributed by atoms with E-state index in [4.69, 9.17) is 24.5 Å². The molecule has 3 aromatic rings. The highest BCUT2D eigenvalue weighted by Crippen LogP contribution is 2.32. The molecule has 0 unspecified atom stereocenters. The molecule has 0 amide bonds. The zero-order valence-electron chi connectivity index (χ0n) is 17.9. The van der Waals surface area contributed by atoms with Gasteiger partial charge in [0.15, 0.2) is 0 Å². The van der Waals surface area contributed by atoms with Gasteiger partial charge in [0.05, 0.1) is 43.4 Å². The predicted octanol–water partition coefficient (Wildman–Crippen LogP) is 3.90. The van der Waals surface area contributed by atoms with Crippen molar-refractivity contribution in [1.82, 2.24) is 9.97 Å². The van der Waals surface area contributed by atoms with Gasteiger partial charge >= 0.3 is 5.97 Å². The summed E-state index contributed by atoms with van der Waals surface area (Å²) in [5.41, 5.74) is 3.79. The van der Waals surface area contributed by atoms with Crippen LogP contribution in [0.15, 0.2) is 66.9 Å². The zero-order chi connectivity index (χ0) is 22.2. The van der Waals surface area contributed by atoms with E-state index in [-0.39, 0.29) is 19.3 Å². The van der Waals surface area contributed by atoms with Gasteiger partial charge in [-0.3, -0.25) is 4.98 Å². The van der Waals surface area contributed by atoms with Crippen molar-refractivity contribution in [2.75, 3.05) is 37.9 Å². The molecular formula is C25H27N3O4. The number of hydrogen-bond acceptors (Lipinski definition) is 6. The molecule has 0 spiro atoms. The SMILES string of the molecule is O=C(O)COCCOC[C@H]1CCCN1c1cnc(-c2ccccc2)c(-c2ccccc2)n1. The average molecular weight is 434 g/mol. The molecule has 0 bridgehead atoms. The summed E-state index contributed by atoms with van der Waals surface area (Å²) in [4.78, 5) is 22.6. The fraction of sp³-hybridized carbons (Fsp3) is 0.320. The van der Waals surface area contributed by atoms with Gasteiger partial charge in [0, 0.05) is 17.7 Å². The summed E-state index contributed by atoms with van der Waals surface area (Å²) in [7, 11) is 0. The molecular weight excluding hydrogens is 406 g/mol. The molecule has 2 aromatic carbocycles. The van der Waals surface area contributed by atoms with Gasteiger partial charge in [0.1, 0.15) is 12.4 Å². The molecule has 4 rings (SSSR count). The third-order valence-corrected chi connectivity index (χ3v) is 5.43. The second kappa shape index (κ2) is 10.8. The smallest absolute Gasteiger partial charge is 0.329 e. The molecule has 1 fully saturated rings. The number of nitrogens with zero attached hydrogens (tertiary/aromatic N) is 3. The average Bonchev–Trinajstić information content (AvgIpc) is 3.30. The lowest BCUT2D eigenvalue weighted by Crippen LogP contribution is -2.34. The highest BCUT2D eigenvalue weighted by Gasteiger charge is 2.27. The number of ether oxygens (including phenoxy) is 2. The van der Waals surface area contributed by atoms with Crippen molar-refractivity contribution >= 4 is 11.8 Å². The van der Waals surface area contributed by atoms with Crippen LogP contribution in [0, 0.1) is 0 Å². The van der Waals surface area contributed by atoms with E-state index < -0.39 is 5.97 Å². The molecule has 7 nitrogen and oxygen atoms in total. The Morgan fingerprint density at radius 2 is 1.62 bits per heavy atom. The van der Waals surface area contributed by atoms with Crippen LogP contribution in [0.4, 0.5) is 5.82 Å². The van der Waals surface area contributed by atoms with Crippen molar-refractivity contribution in [2.24, 2.45) is 0 Å². The summed E-state index contributed by atoms with van der Waals surface area (Å²) in [5.74, 6) is -0.129. The number of anilines is 1. The number of hydrogen-bond donors (Lipinski definition) is 1. The molecule has 7 heteroatoms. The largest absolute Gasteiger partial charge is 0.480 e. The Morgan fingerprint density at radius 1 is 0.969 bits per heavy atom. The topological polar surface area (TPSA) is 84.8 Å². The number of carboxylic acid groups (broad SMARTS) is 1. The summed E-state index contributed by atoms with van der Waals surface area (Å²) in [6, 6.07) is 20.4. The third kappa shape index (κ3) is 5.49. The van der Waals surface area contributed by atoms with Crippen LogP contribution in [0.3, 0.4) is 0 Å². The first kappa shape index (κ1) is 21.9. The quantitative estimate of drug-likeness (QED) is 0.486. The van der Waals surface area contributed by atoms with Crippen LogP contribution in [-0.4, -0.2) is 60.1 Å². The van der Waals surface area contributed by atoms with E-state index in [9.17, 15) is 4.79 Å². The van der Waals surface area contributed by atoms with E-state index in [0.29, 0.717) is 13.2 Å². The van der Waals surface area contributed by atoms with Crippen molar-refractivity contribution < 1.29 is 19.4 Å². The summed E-state index contributed by atoms with van der Waals surface area (Å²) in [6.45, 7) is 1.77. The Kier molecular flexibility index (Phi) is 7.42. The predicted molar refractivity (Wildman–Crippen MR) is 123 cm³/mol. The molecule has 1 atom stereocenters. The third-order valence-electron chi connectivity index (χ3n) is 5.43. The highest BCUT2D eigenvalue weighted by molar-refractivity contribution is 5.78. The van der Waals surface area contributed by atoms with Crippen LogP contribution < -0.4 is 4.90 Å². The van der Waals surface area contributed by atoms with Gasteiger partial charge in [-0.25, -0.2) is 9.78 Å². The Bertz CT molecular complexity index is 1010. The van der Waals surface area contributed by atoms with Gasteiger partial charge in [0.25, 0.3) is 0 Å². The Morgan fingerprint density at radius 3 is 2.31 bits per heavy atom. The van der Waals surface area contributed by atoms with Gasteiger partial charge in [-0.05, 0) is 12.8 Å². The molecule has 1 N–H and O–H groups in total. The van der Waals surface area contributed by atoms with Gasteiger partial charge in [-0.15, -0.1) is 0 Å². The maximum atomic E-state index is 10.5. The van der Waals surface area contributed by atoms with Gasteiger partial charge < -0.3 is 19.5 Å². The summed E-state index contributed by atoms with van der Waals surface area (Å²) in [6.07, 6.45) is 3.92. The van der Waals surface area contributed by atoms with Crippen LogP contribution in [0.2, 0.25) is 0 Å². The second-order valence-corrected chi connectivity index (χ2v) is 7.67. The van der Waals surface area contributed by atoms with Crippen LogP contribution >= 0.6 is 0 Å². The molecule has 0 radical (unpaired) electrons. The fourth-order valence-electron chi connectivity index (χ4n) is 3.93. The van der Waals surface area contributed by atoms with Crippen LogP contribution in [-0.2, 0) is 14.3 Å². The van der Waals surface area contributed by atoms with Crippen molar-refractivity contribution in [3.05, 3.63) is 66.9 Å². The lowest BCUT2D eigenvalue weighted by molar-refractivity contribution is -0.142. The molecule has 1 aliphatic heterocycles. The lowest BCUT2D eigenvalue weighted by atomic mass is 10.0. The summed E-state index contributed by atoms with van der Waals surface area (Å²) in [5, 5.41) is 8.62. The molecule has 2 heterocycles. The van der Waals surface area contributed by atoms with Crippen LogP contribution in [0.25, 0.3) is 22.5 Å². The standard InChI is InChI=1S/C25H27N3O4/c29-23(30)18-32-15-14-31-17-21-12-7-13-28(21)22-16-26-24(19-8-3-1-4-9-19)25(27-22)20-10-5-2-6-11-20/h1-6,8-11,16,21H,7,12-15,17-18H2,(H,29,30)/t21-/m1/s1. The van der Waals surface area contributed by atoms with Gasteiger partial charge in [-0.2, -0.15) is 0 Å². The molecule has 1 aromatic heterocycles.